The van der Waals surface area contributed by atoms with Crippen molar-refractivity contribution < 1.29 is 9.59 Å². The van der Waals surface area contributed by atoms with Crippen LogP contribution in [-0.2, 0) is 9.59 Å². The van der Waals surface area contributed by atoms with Gasteiger partial charge in [-0.15, -0.1) is 0 Å². The minimum absolute atomic E-state index is 0.0152. The zero-order chi connectivity index (χ0) is 17.3. The monoisotopic (exact) mass is 327 g/mol. The van der Waals surface area contributed by atoms with Crippen molar-refractivity contribution in [3.05, 3.63) is 29.8 Å². The fourth-order valence-electron chi connectivity index (χ4n) is 3.68. The van der Waals surface area contributed by atoms with E-state index >= 15 is 0 Å². The molecule has 2 amide bonds. The van der Waals surface area contributed by atoms with E-state index in [9.17, 15) is 9.59 Å². The molecule has 2 atom stereocenters. The van der Waals surface area contributed by atoms with Crippen molar-refractivity contribution in [2.24, 2.45) is 16.9 Å². The van der Waals surface area contributed by atoms with Gasteiger partial charge in [0.25, 0.3) is 5.91 Å². The summed E-state index contributed by atoms with van der Waals surface area (Å²) in [5.74, 6) is 0.948. The Bertz CT molecular complexity index is 673. The van der Waals surface area contributed by atoms with Gasteiger partial charge < -0.3 is 4.90 Å². The lowest BCUT2D eigenvalue weighted by molar-refractivity contribution is -0.126. The summed E-state index contributed by atoms with van der Waals surface area (Å²) in [5, 5.41) is 5.80. The van der Waals surface area contributed by atoms with Crippen LogP contribution < -0.4 is 5.01 Å². The fourth-order valence-corrected chi connectivity index (χ4v) is 3.68. The molecule has 0 spiro atoms. The van der Waals surface area contributed by atoms with Crippen molar-refractivity contribution in [2.45, 2.75) is 40.0 Å². The van der Waals surface area contributed by atoms with Crippen molar-refractivity contribution in [3.63, 3.8) is 0 Å². The minimum atomic E-state index is -0.0578. The molecule has 2 aliphatic heterocycles. The molecule has 1 aromatic carbocycles. The summed E-state index contributed by atoms with van der Waals surface area (Å²) >= 11 is 0. The van der Waals surface area contributed by atoms with Crippen molar-refractivity contribution >= 4 is 23.2 Å². The maximum atomic E-state index is 12.9. The Morgan fingerprint density at radius 2 is 1.88 bits per heavy atom. The Balaban J connectivity index is 1.83. The highest BCUT2D eigenvalue weighted by atomic mass is 16.2. The van der Waals surface area contributed by atoms with Gasteiger partial charge in [-0.2, -0.15) is 5.10 Å². The maximum absolute atomic E-state index is 12.9. The van der Waals surface area contributed by atoms with E-state index in [0.29, 0.717) is 30.4 Å². The van der Waals surface area contributed by atoms with E-state index in [1.54, 1.807) is 0 Å². The topological polar surface area (TPSA) is 53.0 Å². The third kappa shape index (κ3) is 3.50. The van der Waals surface area contributed by atoms with Crippen LogP contribution in [0.5, 0.6) is 0 Å². The van der Waals surface area contributed by atoms with E-state index in [2.05, 4.69) is 18.9 Å². The first-order valence-corrected chi connectivity index (χ1v) is 8.70. The van der Waals surface area contributed by atoms with Crippen LogP contribution in [0.2, 0.25) is 0 Å². The van der Waals surface area contributed by atoms with Crippen LogP contribution in [0.1, 0.15) is 38.7 Å². The molecule has 5 nitrogen and oxygen atoms in total. The molecule has 1 fully saturated rings. The van der Waals surface area contributed by atoms with Crippen molar-refractivity contribution in [1.29, 1.82) is 0 Å². The zero-order valence-corrected chi connectivity index (χ0v) is 14.7. The van der Waals surface area contributed by atoms with Crippen LogP contribution >= 0.6 is 0 Å². The molecule has 0 N–H and O–H groups in total. The highest BCUT2D eigenvalue weighted by molar-refractivity contribution is 6.40. The minimum Gasteiger partial charge on any atom is -0.337 e. The average molecular weight is 327 g/mol. The number of aryl methyl sites for hydroxylation is 1. The van der Waals surface area contributed by atoms with Crippen LogP contribution in [-0.4, -0.2) is 35.5 Å². The molecule has 5 heteroatoms. The third-order valence-electron chi connectivity index (χ3n) is 4.68. The standard InChI is InChI=1S/C19H25N3O2/c1-13-5-4-6-16(10-13)22-18(23)8-7-17(20-22)19(24)21-11-14(2)9-15(3)12-21/h4-6,10,14-15H,7-9,11-12H2,1-3H3. The van der Waals surface area contributed by atoms with E-state index in [1.165, 1.54) is 5.01 Å². The highest BCUT2D eigenvalue weighted by Gasteiger charge is 2.31. The van der Waals surface area contributed by atoms with Gasteiger partial charge in [-0.25, -0.2) is 5.01 Å². The molecule has 2 unspecified atom stereocenters. The summed E-state index contributed by atoms with van der Waals surface area (Å²) < 4.78 is 0. The fraction of sp³-hybridized carbons (Fsp3) is 0.526. The second kappa shape index (κ2) is 6.75. The Labute approximate surface area is 143 Å². The van der Waals surface area contributed by atoms with Crippen molar-refractivity contribution in [1.82, 2.24) is 4.90 Å². The molecule has 0 aromatic heterocycles. The first kappa shape index (κ1) is 16.7. The molecule has 2 heterocycles. The van der Waals surface area contributed by atoms with Crippen LogP contribution in [0.25, 0.3) is 0 Å². The summed E-state index contributed by atoms with van der Waals surface area (Å²) in [6.07, 6.45) is 1.92. The molecule has 0 aliphatic carbocycles. The average Bonchev–Trinajstić information content (AvgIpc) is 2.53. The molecular formula is C19H25N3O2. The SMILES string of the molecule is Cc1cccc(N2N=C(C(=O)N3CC(C)CC(C)C3)CCC2=O)c1. The predicted octanol–water partition coefficient (Wildman–Crippen LogP) is 2.98. The van der Waals surface area contributed by atoms with E-state index in [4.69, 9.17) is 0 Å². The van der Waals surface area contributed by atoms with Gasteiger partial charge in [0.2, 0.25) is 5.91 Å². The number of carbonyl (C=O) groups is 2. The largest absolute Gasteiger partial charge is 0.337 e. The molecule has 1 aromatic rings. The number of hydrogen-bond acceptors (Lipinski definition) is 3. The number of benzene rings is 1. The summed E-state index contributed by atoms with van der Waals surface area (Å²) in [7, 11) is 0. The summed E-state index contributed by atoms with van der Waals surface area (Å²) in [4.78, 5) is 27.0. The molecule has 3 rings (SSSR count). The number of amides is 2. The summed E-state index contributed by atoms with van der Waals surface area (Å²) in [6.45, 7) is 7.90. The summed E-state index contributed by atoms with van der Waals surface area (Å²) in [5.41, 5.74) is 2.29. The number of likely N-dealkylation sites (tertiary alicyclic amines) is 1. The van der Waals surface area contributed by atoms with Crippen molar-refractivity contribution in [3.8, 4) is 0 Å². The van der Waals surface area contributed by atoms with Gasteiger partial charge in [-0.3, -0.25) is 9.59 Å². The van der Waals surface area contributed by atoms with Gasteiger partial charge in [0, 0.05) is 25.9 Å². The van der Waals surface area contributed by atoms with Gasteiger partial charge in [0.1, 0.15) is 5.71 Å². The zero-order valence-electron chi connectivity index (χ0n) is 14.7. The quantitative estimate of drug-likeness (QED) is 0.838. The second-order valence-electron chi connectivity index (χ2n) is 7.25. The van der Waals surface area contributed by atoms with Crippen LogP contribution in [0, 0.1) is 18.8 Å². The number of nitrogens with zero attached hydrogens (tertiary/aromatic N) is 3. The Hall–Kier alpha value is -2.17. The summed E-state index contributed by atoms with van der Waals surface area (Å²) in [6, 6.07) is 7.65. The van der Waals surface area contributed by atoms with Gasteiger partial charge in [0.15, 0.2) is 0 Å². The van der Waals surface area contributed by atoms with E-state index in [-0.39, 0.29) is 11.8 Å². The van der Waals surface area contributed by atoms with E-state index in [0.717, 1.165) is 30.8 Å². The van der Waals surface area contributed by atoms with Crippen LogP contribution in [0.15, 0.2) is 29.4 Å². The first-order chi connectivity index (χ1) is 11.4. The van der Waals surface area contributed by atoms with Gasteiger partial charge in [-0.05, 0) is 42.9 Å². The van der Waals surface area contributed by atoms with Crippen LogP contribution in [0.3, 0.4) is 0 Å². The number of anilines is 1. The normalized spacial score (nSPS) is 24.8. The maximum Gasteiger partial charge on any atom is 0.270 e. The molecule has 1 saturated heterocycles. The van der Waals surface area contributed by atoms with Gasteiger partial charge >= 0.3 is 0 Å². The Kier molecular flexibility index (Phi) is 4.69. The number of piperidine rings is 1. The second-order valence-corrected chi connectivity index (χ2v) is 7.25. The Morgan fingerprint density at radius 3 is 2.54 bits per heavy atom. The molecule has 128 valence electrons. The van der Waals surface area contributed by atoms with E-state index in [1.807, 2.05) is 36.1 Å². The number of hydrazone groups is 1. The smallest absolute Gasteiger partial charge is 0.270 e. The highest BCUT2D eigenvalue weighted by Crippen LogP contribution is 2.24. The molecule has 24 heavy (non-hydrogen) atoms. The van der Waals surface area contributed by atoms with Gasteiger partial charge in [-0.1, -0.05) is 26.0 Å². The molecular weight excluding hydrogens is 302 g/mol. The third-order valence-corrected chi connectivity index (χ3v) is 4.68. The molecule has 0 saturated carbocycles. The van der Waals surface area contributed by atoms with Gasteiger partial charge in [0.05, 0.1) is 5.69 Å². The number of carbonyl (C=O) groups excluding carboxylic acids is 2. The molecule has 0 radical (unpaired) electrons. The van der Waals surface area contributed by atoms with E-state index < -0.39 is 0 Å². The Morgan fingerprint density at radius 1 is 1.17 bits per heavy atom. The first-order valence-electron chi connectivity index (χ1n) is 8.70. The lowest BCUT2D eigenvalue weighted by Gasteiger charge is -2.36. The predicted molar refractivity (Wildman–Crippen MR) is 94.9 cm³/mol. The lowest BCUT2D eigenvalue weighted by Crippen LogP contribution is -2.47. The molecule has 2 aliphatic rings. The number of rotatable bonds is 2. The van der Waals surface area contributed by atoms with Crippen LogP contribution in [0.4, 0.5) is 5.69 Å². The number of hydrogen-bond donors (Lipinski definition) is 0. The van der Waals surface area contributed by atoms with Crippen molar-refractivity contribution in [2.75, 3.05) is 18.1 Å². The molecule has 0 bridgehead atoms. The lowest BCUT2D eigenvalue weighted by atomic mass is 9.91.